The quantitative estimate of drug-likeness (QED) is 0.377. The van der Waals surface area contributed by atoms with Gasteiger partial charge in [-0.1, -0.05) is 18.2 Å². The highest BCUT2D eigenvalue weighted by Crippen LogP contribution is 2.28. The predicted octanol–water partition coefficient (Wildman–Crippen LogP) is 3.37. The number of benzene rings is 2. The van der Waals surface area contributed by atoms with E-state index in [1.54, 1.807) is 30.6 Å². The molecule has 0 saturated carbocycles. The van der Waals surface area contributed by atoms with E-state index in [1.165, 1.54) is 0 Å². The van der Waals surface area contributed by atoms with Crippen molar-refractivity contribution in [2.24, 2.45) is 0 Å². The normalized spacial score (nSPS) is 10.3. The van der Waals surface area contributed by atoms with E-state index in [4.69, 9.17) is 14.2 Å². The molecule has 0 aliphatic carbocycles. The Bertz CT molecular complexity index is 1040. The highest BCUT2D eigenvalue weighted by molar-refractivity contribution is 5.95. The highest BCUT2D eigenvalue weighted by Gasteiger charge is 2.12. The maximum Gasteiger partial charge on any atom is 0.251 e. The number of pyridine rings is 1. The van der Waals surface area contributed by atoms with Crippen LogP contribution < -0.4 is 24.8 Å². The predicted molar refractivity (Wildman–Crippen MR) is 128 cm³/mol. The fourth-order valence-electron chi connectivity index (χ4n) is 3.05. The van der Waals surface area contributed by atoms with Crippen molar-refractivity contribution < 1.29 is 23.8 Å². The van der Waals surface area contributed by atoms with E-state index in [9.17, 15) is 9.59 Å². The number of amides is 2. The lowest BCUT2D eigenvalue weighted by molar-refractivity contribution is -0.121. The van der Waals surface area contributed by atoms with E-state index in [-0.39, 0.29) is 24.8 Å². The Morgan fingerprint density at radius 1 is 0.853 bits per heavy atom. The Labute approximate surface area is 199 Å². The zero-order valence-electron chi connectivity index (χ0n) is 19.2. The van der Waals surface area contributed by atoms with Gasteiger partial charge in [0.15, 0.2) is 11.5 Å². The summed E-state index contributed by atoms with van der Waals surface area (Å²) in [5.74, 6) is 1.35. The summed E-state index contributed by atoms with van der Waals surface area (Å²) in [6.07, 6.45) is 3.53. The molecule has 2 N–H and O–H groups in total. The first kappa shape index (κ1) is 24.6. The van der Waals surface area contributed by atoms with Crippen LogP contribution in [0.1, 0.15) is 29.3 Å². The summed E-state index contributed by atoms with van der Waals surface area (Å²) in [4.78, 5) is 28.5. The van der Waals surface area contributed by atoms with Gasteiger partial charge in [-0.15, -0.1) is 0 Å². The van der Waals surface area contributed by atoms with Gasteiger partial charge in [0.1, 0.15) is 19.0 Å². The molecule has 8 heteroatoms. The van der Waals surface area contributed by atoms with E-state index in [0.717, 1.165) is 11.3 Å². The summed E-state index contributed by atoms with van der Waals surface area (Å²) in [5, 5.41) is 5.58. The molecule has 2 amide bonds. The molecule has 178 valence electrons. The van der Waals surface area contributed by atoms with Crippen molar-refractivity contribution in [2.75, 3.05) is 26.4 Å². The number of carbonyl (C=O) groups excluding carboxylic acids is 2. The number of para-hydroxylation sites is 1. The topological polar surface area (TPSA) is 98.8 Å². The maximum atomic E-state index is 12.5. The van der Waals surface area contributed by atoms with E-state index in [1.807, 2.05) is 49.4 Å². The molecular formula is C26H29N3O5. The third-order valence-electron chi connectivity index (χ3n) is 4.74. The van der Waals surface area contributed by atoms with E-state index in [0.29, 0.717) is 43.4 Å². The summed E-state index contributed by atoms with van der Waals surface area (Å²) in [7, 11) is 0. The van der Waals surface area contributed by atoms with Gasteiger partial charge < -0.3 is 24.8 Å². The Hall–Kier alpha value is -4.07. The molecule has 0 unspecified atom stereocenters. The summed E-state index contributed by atoms with van der Waals surface area (Å²) in [6.45, 7) is 3.64. The molecule has 0 fully saturated rings. The lowest BCUT2D eigenvalue weighted by Gasteiger charge is -2.14. The molecule has 1 aromatic heterocycles. The van der Waals surface area contributed by atoms with Gasteiger partial charge in [-0.25, -0.2) is 0 Å². The third kappa shape index (κ3) is 8.12. The zero-order chi connectivity index (χ0) is 24.0. The lowest BCUT2D eigenvalue weighted by atomic mass is 10.2. The molecule has 3 rings (SSSR count). The Morgan fingerprint density at radius 3 is 2.38 bits per heavy atom. The Balaban J connectivity index is 1.44. The molecule has 0 aliphatic rings. The van der Waals surface area contributed by atoms with Crippen molar-refractivity contribution in [3.8, 4) is 17.2 Å². The summed E-state index contributed by atoms with van der Waals surface area (Å²) >= 11 is 0. The van der Waals surface area contributed by atoms with Crippen LogP contribution >= 0.6 is 0 Å². The van der Waals surface area contributed by atoms with Crippen LogP contribution in [-0.4, -0.2) is 43.2 Å². The van der Waals surface area contributed by atoms with E-state index in [2.05, 4.69) is 15.6 Å². The Morgan fingerprint density at radius 2 is 1.62 bits per heavy atom. The number of ether oxygens (including phenoxy) is 3. The van der Waals surface area contributed by atoms with Crippen LogP contribution in [0, 0.1) is 0 Å². The van der Waals surface area contributed by atoms with Gasteiger partial charge in [-0.2, -0.15) is 0 Å². The molecule has 0 aliphatic heterocycles. The van der Waals surface area contributed by atoms with Crippen molar-refractivity contribution in [3.05, 3.63) is 84.2 Å². The summed E-state index contributed by atoms with van der Waals surface area (Å²) in [6, 6.07) is 18.2. The number of nitrogens with zero attached hydrogens (tertiary/aromatic N) is 1. The number of nitrogens with one attached hydrogen (secondary N) is 2. The number of rotatable bonds is 13. The van der Waals surface area contributed by atoms with Crippen molar-refractivity contribution in [2.45, 2.75) is 19.9 Å². The van der Waals surface area contributed by atoms with Crippen molar-refractivity contribution in [1.29, 1.82) is 0 Å². The minimum absolute atomic E-state index is 0.145. The summed E-state index contributed by atoms with van der Waals surface area (Å²) in [5.41, 5.74) is 1.39. The SMILES string of the molecule is CCOc1cc(C(=O)NCCC(=O)NCc2ccncc2)ccc1OCCOc1ccccc1. The van der Waals surface area contributed by atoms with Gasteiger partial charge in [0.05, 0.1) is 6.61 Å². The fraction of sp³-hybridized carbons (Fsp3) is 0.269. The van der Waals surface area contributed by atoms with Crippen molar-refractivity contribution in [3.63, 3.8) is 0 Å². The largest absolute Gasteiger partial charge is 0.490 e. The molecule has 34 heavy (non-hydrogen) atoms. The number of carbonyl (C=O) groups is 2. The highest BCUT2D eigenvalue weighted by atomic mass is 16.5. The first-order valence-electron chi connectivity index (χ1n) is 11.2. The zero-order valence-corrected chi connectivity index (χ0v) is 19.2. The van der Waals surface area contributed by atoms with Crippen LogP contribution in [0.15, 0.2) is 73.1 Å². The minimum atomic E-state index is -0.290. The van der Waals surface area contributed by atoms with Crippen LogP contribution in [0.2, 0.25) is 0 Å². The van der Waals surface area contributed by atoms with E-state index >= 15 is 0 Å². The third-order valence-corrected chi connectivity index (χ3v) is 4.74. The molecule has 0 spiro atoms. The molecule has 0 bridgehead atoms. The molecule has 1 heterocycles. The van der Waals surface area contributed by atoms with Crippen molar-refractivity contribution in [1.82, 2.24) is 15.6 Å². The van der Waals surface area contributed by atoms with Gasteiger partial charge >= 0.3 is 0 Å². The van der Waals surface area contributed by atoms with Gasteiger partial charge in [-0.05, 0) is 55.0 Å². The number of hydrogen-bond donors (Lipinski definition) is 2. The summed E-state index contributed by atoms with van der Waals surface area (Å²) < 4.78 is 17.1. The minimum Gasteiger partial charge on any atom is -0.490 e. The van der Waals surface area contributed by atoms with Crippen LogP contribution in [0.3, 0.4) is 0 Å². The lowest BCUT2D eigenvalue weighted by Crippen LogP contribution is -2.30. The maximum absolute atomic E-state index is 12.5. The molecule has 3 aromatic rings. The van der Waals surface area contributed by atoms with Gasteiger partial charge in [0.2, 0.25) is 5.91 Å². The molecule has 2 aromatic carbocycles. The van der Waals surface area contributed by atoms with Crippen LogP contribution in [0.4, 0.5) is 0 Å². The monoisotopic (exact) mass is 463 g/mol. The second-order valence-electron chi connectivity index (χ2n) is 7.24. The van der Waals surface area contributed by atoms with Crippen LogP contribution in [0.25, 0.3) is 0 Å². The molecule has 0 saturated heterocycles. The van der Waals surface area contributed by atoms with Gasteiger partial charge in [-0.3, -0.25) is 14.6 Å². The van der Waals surface area contributed by atoms with Crippen molar-refractivity contribution >= 4 is 11.8 Å². The molecule has 0 atom stereocenters. The second kappa shape index (κ2) is 13.5. The average Bonchev–Trinajstić information content (AvgIpc) is 2.87. The first-order valence-corrected chi connectivity index (χ1v) is 11.2. The van der Waals surface area contributed by atoms with E-state index < -0.39 is 0 Å². The molecule has 8 nitrogen and oxygen atoms in total. The average molecular weight is 464 g/mol. The van der Waals surface area contributed by atoms with Gasteiger partial charge in [0, 0.05) is 37.5 Å². The smallest absolute Gasteiger partial charge is 0.251 e. The molecule has 0 radical (unpaired) electrons. The Kier molecular flexibility index (Phi) is 9.73. The standard InChI is InChI=1S/C26H29N3O5/c1-2-32-24-18-21(8-9-23(24)34-17-16-33-22-6-4-3-5-7-22)26(31)28-15-12-25(30)29-19-20-10-13-27-14-11-20/h3-11,13-14,18H,2,12,15-17,19H2,1H3,(H,28,31)(H,29,30). The fourth-order valence-corrected chi connectivity index (χ4v) is 3.05. The number of hydrogen-bond acceptors (Lipinski definition) is 6. The first-order chi connectivity index (χ1) is 16.7. The van der Waals surface area contributed by atoms with Gasteiger partial charge in [0.25, 0.3) is 5.91 Å². The van der Waals surface area contributed by atoms with Crippen LogP contribution in [0.5, 0.6) is 17.2 Å². The second-order valence-corrected chi connectivity index (χ2v) is 7.24. The van der Waals surface area contributed by atoms with Crippen LogP contribution in [-0.2, 0) is 11.3 Å². The number of aromatic nitrogens is 1. The molecular weight excluding hydrogens is 434 g/mol.